The number of rotatable bonds is 5. The Hall–Kier alpha value is -3.94. The van der Waals surface area contributed by atoms with Crippen LogP contribution in [0.1, 0.15) is 103 Å². The van der Waals surface area contributed by atoms with Crippen molar-refractivity contribution in [1.29, 1.82) is 0 Å². The van der Waals surface area contributed by atoms with E-state index in [4.69, 9.17) is 9.97 Å². The van der Waals surface area contributed by atoms with Crippen molar-refractivity contribution in [3.63, 3.8) is 0 Å². The summed E-state index contributed by atoms with van der Waals surface area (Å²) in [7, 11) is -1.04. The molecule has 3 nitrogen and oxygen atoms in total. The number of ketones is 1. The van der Waals surface area contributed by atoms with Crippen LogP contribution in [0.25, 0.3) is 22.3 Å². The first-order chi connectivity index (χ1) is 23.2. The van der Waals surface area contributed by atoms with Crippen LogP contribution in [0.5, 0.6) is 0 Å². The van der Waals surface area contributed by atoms with E-state index in [1.54, 1.807) is 0 Å². The van der Waals surface area contributed by atoms with Gasteiger partial charge in [0.05, 0.1) is 0 Å². The van der Waals surface area contributed by atoms with Gasteiger partial charge in [-0.3, -0.25) is 14.8 Å². The van der Waals surface area contributed by atoms with Crippen LogP contribution in [-0.2, 0) is 4.79 Å². The molecule has 3 heterocycles. The van der Waals surface area contributed by atoms with Gasteiger partial charge < -0.3 is 0 Å². The predicted molar refractivity (Wildman–Crippen MR) is 209 cm³/mol. The molecule has 0 saturated carbocycles. The topological polar surface area (TPSA) is 42.9 Å². The smallest absolute Gasteiger partial charge is 0.134 e. The third-order valence-corrected chi connectivity index (χ3v) is 15.1. The number of hydrogen-bond acceptors (Lipinski definition) is 3. The van der Waals surface area contributed by atoms with E-state index >= 15 is 0 Å². The summed E-state index contributed by atoms with van der Waals surface area (Å²) in [6.45, 7) is 26.9. The Morgan fingerprint density at radius 2 is 0.796 bits per heavy atom. The van der Waals surface area contributed by atoms with E-state index in [9.17, 15) is 4.79 Å². The molecule has 5 aromatic rings. The fourth-order valence-corrected chi connectivity index (χ4v) is 11.9. The molecule has 4 heteroatoms. The molecule has 0 N–H and O–H groups in total. The van der Waals surface area contributed by atoms with Crippen LogP contribution in [0.3, 0.4) is 0 Å². The zero-order valence-corrected chi connectivity index (χ0v) is 32.4. The van der Waals surface area contributed by atoms with Gasteiger partial charge in [0, 0.05) is 46.9 Å². The van der Waals surface area contributed by atoms with Crippen LogP contribution in [-0.4, -0.2) is 15.8 Å². The highest BCUT2D eigenvalue weighted by Gasteiger charge is 2.43. The molecule has 0 radical (unpaired) electrons. The molecule has 2 atom stereocenters. The lowest BCUT2D eigenvalue weighted by molar-refractivity contribution is -0.119. The summed E-state index contributed by atoms with van der Waals surface area (Å²) in [6, 6.07) is 19.6. The van der Waals surface area contributed by atoms with E-state index in [1.165, 1.54) is 83.2 Å². The van der Waals surface area contributed by atoms with Gasteiger partial charge in [0.15, 0.2) is 0 Å². The Kier molecular flexibility index (Phi) is 9.55. The Labute approximate surface area is 295 Å². The minimum absolute atomic E-state index is 0.0372. The number of carbonyl (C=O) groups excluding carboxylic acids is 1. The normalized spacial score (nSPS) is 17.9. The summed E-state index contributed by atoms with van der Waals surface area (Å²) >= 11 is 0. The second-order valence-corrected chi connectivity index (χ2v) is 17.0. The number of Topliss-reactive ketones (excluding diaryl/α,β-unsaturated/α-hetero) is 1. The van der Waals surface area contributed by atoms with Gasteiger partial charge in [-0.05, 0) is 191 Å². The second kappa shape index (κ2) is 13.4. The van der Waals surface area contributed by atoms with Gasteiger partial charge in [-0.1, -0.05) is 38.3 Å². The molecule has 3 aromatic carbocycles. The number of hydrogen-bond donors (Lipinski definition) is 0. The third-order valence-electron chi connectivity index (χ3n) is 11.8. The van der Waals surface area contributed by atoms with Crippen molar-refractivity contribution in [3.05, 3.63) is 133 Å². The molecule has 2 aromatic heterocycles. The summed E-state index contributed by atoms with van der Waals surface area (Å²) in [6.07, 6.45) is 0.984. The molecule has 49 heavy (non-hydrogen) atoms. The van der Waals surface area contributed by atoms with Gasteiger partial charge in [-0.15, -0.1) is 0 Å². The van der Waals surface area contributed by atoms with Gasteiger partial charge in [0.2, 0.25) is 0 Å². The molecule has 0 spiro atoms. The van der Waals surface area contributed by atoms with Gasteiger partial charge in [-0.25, -0.2) is 0 Å². The molecule has 2 unspecified atom stereocenters. The molecular formula is C45H51N2OP. The van der Waals surface area contributed by atoms with Crippen molar-refractivity contribution < 1.29 is 4.79 Å². The van der Waals surface area contributed by atoms with Crippen LogP contribution in [0, 0.1) is 83.1 Å². The molecular weight excluding hydrogens is 615 g/mol. The van der Waals surface area contributed by atoms with Crippen LogP contribution < -0.4 is 5.30 Å². The van der Waals surface area contributed by atoms with Crippen molar-refractivity contribution in [2.45, 2.75) is 107 Å². The van der Waals surface area contributed by atoms with Gasteiger partial charge in [0.25, 0.3) is 0 Å². The van der Waals surface area contributed by atoms with Crippen molar-refractivity contribution in [1.82, 2.24) is 9.97 Å². The highest BCUT2D eigenvalue weighted by atomic mass is 31.1. The van der Waals surface area contributed by atoms with Gasteiger partial charge >= 0.3 is 0 Å². The maximum atomic E-state index is 13.9. The standard InChI is InChI=1S/C45H51N2OP/c1-24-16-13-20-39(46-24)41-22-36(48)23-42(40-21-14-17-25(2)47-40)49(41)45-37(43-32(9)28(5)26(3)29(6)33(43)10)18-15-19-38(45)44-34(11)30(7)27(4)31(8)35(44)12/h13-21,41-42H,22-23H2,1-12H3. The molecule has 1 fully saturated rings. The number of nitrogens with zero attached hydrogens (tertiary/aromatic N) is 2. The third kappa shape index (κ3) is 5.99. The predicted octanol–water partition coefficient (Wildman–Crippen LogP) is 11.5. The van der Waals surface area contributed by atoms with Crippen molar-refractivity contribution in [2.75, 3.05) is 0 Å². The minimum atomic E-state index is -1.04. The number of carbonyl (C=O) groups is 1. The van der Waals surface area contributed by atoms with Gasteiger partial charge in [-0.2, -0.15) is 0 Å². The molecule has 1 aliphatic heterocycles. The molecule has 0 amide bonds. The minimum Gasteiger partial charge on any atom is -0.300 e. The summed E-state index contributed by atoms with van der Waals surface area (Å²) < 4.78 is 0. The van der Waals surface area contributed by atoms with Gasteiger partial charge in [0.1, 0.15) is 5.78 Å². The van der Waals surface area contributed by atoms with E-state index in [2.05, 4.69) is 138 Å². The van der Waals surface area contributed by atoms with E-state index in [0.717, 1.165) is 22.8 Å². The zero-order chi connectivity index (χ0) is 35.5. The maximum Gasteiger partial charge on any atom is 0.134 e. The fourth-order valence-electron chi connectivity index (χ4n) is 8.27. The van der Waals surface area contributed by atoms with Crippen LogP contribution in [0.2, 0.25) is 0 Å². The summed E-state index contributed by atoms with van der Waals surface area (Å²) in [5, 5.41) is 1.38. The van der Waals surface area contributed by atoms with Crippen LogP contribution in [0.4, 0.5) is 0 Å². The first kappa shape index (κ1) is 34.9. The lowest BCUT2D eigenvalue weighted by Crippen LogP contribution is -2.27. The largest absolute Gasteiger partial charge is 0.300 e. The first-order valence-corrected chi connectivity index (χ1v) is 19.2. The van der Waals surface area contributed by atoms with Crippen molar-refractivity contribution in [2.24, 2.45) is 0 Å². The fraction of sp³-hybridized carbons (Fsp3) is 0.356. The highest BCUT2D eigenvalue weighted by Crippen LogP contribution is 2.68. The molecule has 252 valence electrons. The lowest BCUT2D eigenvalue weighted by Gasteiger charge is -2.41. The molecule has 0 aliphatic carbocycles. The summed E-state index contributed by atoms with van der Waals surface area (Å²) in [5.74, 6) is 0.295. The van der Waals surface area contributed by atoms with E-state index < -0.39 is 7.92 Å². The zero-order valence-electron chi connectivity index (χ0n) is 31.5. The van der Waals surface area contributed by atoms with Crippen LogP contribution in [0.15, 0.2) is 54.6 Å². The summed E-state index contributed by atoms with van der Waals surface area (Å²) in [5.41, 5.74) is 22.7. The number of aromatic nitrogens is 2. The number of pyridine rings is 2. The number of aryl methyl sites for hydroxylation is 2. The van der Waals surface area contributed by atoms with E-state index in [-0.39, 0.29) is 11.3 Å². The Morgan fingerprint density at radius 1 is 0.469 bits per heavy atom. The second-order valence-electron chi connectivity index (χ2n) is 14.5. The Morgan fingerprint density at radius 3 is 1.14 bits per heavy atom. The van der Waals surface area contributed by atoms with E-state index in [0.29, 0.717) is 18.6 Å². The highest BCUT2D eigenvalue weighted by molar-refractivity contribution is 7.67. The van der Waals surface area contributed by atoms with E-state index in [1.807, 2.05) is 0 Å². The maximum absolute atomic E-state index is 13.9. The Balaban J connectivity index is 1.82. The van der Waals surface area contributed by atoms with Crippen molar-refractivity contribution >= 4 is 19.0 Å². The quantitative estimate of drug-likeness (QED) is 0.175. The first-order valence-electron chi connectivity index (χ1n) is 17.7. The van der Waals surface area contributed by atoms with Crippen molar-refractivity contribution in [3.8, 4) is 22.3 Å². The van der Waals surface area contributed by atoms with Crippen LogP contribution >= 0.6 is 7.92 Å². The average Bonchev–Trinajstić information content (AvgIpc) is 3.08. The monoisotopic (exact) mass is 666 g/mol. The average molecular weight is 667 g/mol. The number of benzene rings is 3. The lowest BCUT2D eigenvalue weighted by atomic mass is 9.83. The SMILES string of the molecule is Cc1cccc(C2CC(=O)CC(c3cccc(C)n3)P2c2c(-c3c(C)c(C)c(C)c(C)c3C)cccc2-c2c(C)c(C)c(C)c(C)c2C)n1. The molecule has 0 bridgehead atoms. The summed E-state index contributed by atoms with van der Waals surface area (Å²) in [4.78, 5) is 24.2. The Bertz CT molecular complexity index is 1940. The molecule has 1 aliphatic rings. The molecule has 6 rings (SSSR count). The molecule has 1 saturated heterocycles.